The van der Waals surface area contributed by atoms with Gasteiger partial charge in [0.05, 0.1) is 6.54 Å². The molecular formula is C21H26BrN3OS. The van der Waals surface area contributed by atoms with Gasteiger partial charge in [-0.3, -0.25) is 14.6 Å². The molecule has 1 fully saturated rings. The van der Waals surface area contributed by atoms with E-state index in [2.05, 4.69) is 44.3 Å². The molecule has 0 bridgehead atoms. The van der Waals surface area contributed by atoms with Crippen LogP contribution in [0.1, 0.15) is 11.1 Å². The highest BCUT2D eigenvalue weighted by atomic mass is 79.9. The average molecular weight is 448 g/mol. The van der Waals surface area contributed by atoms with Gasteiger partial charge in [0.2, 0.25) is 5.91 Å². The van der Waals surface area contributed by atoms with Crippen molar-refractivity contribution < 1.29 is 4.79 Å². The maximum Gasteiger partial charge on any atom is 0.238 e. The predicted molar refractivity (Wildman–Crippen MR) is 118 cm³/mol. The lowest BCUT2D eigenvalue weighted by Gasteiger charge is -2.26. The number of anilines is 1. The number of carbonyl (C=O) groups is 1. The van der Waals surface area contributed by atoms with E-state index < -0.39 is 0 Å². The molecule has 1 amide bonds. The first kappa shape index (κ1) is 20.4. The molecule has 4 nitrogen and oxygen atoms in total. The van der Waals surface area contributed by atoms with Gasteiger partial charge in [0, 0.05) is 47.8 Å². The normalized spacial score (nSPS) is 15.1. The lowest BCUT2D eigenvalue weighted by molar-refractivity contribution is -0.117. The van der Waals surface area contributed by atoms with E-state index in [0.29, 0.717) is 6.54 Å². The lowest BCUT2D eigenvalue weighted by atomic mass is 10.2. The van der Waals surface area contributed by atoms with Gasteiger partial charge in [0.25, 0.3) is 0 Å². The first-order valence-corrected chi connectivity index (χ1v) is 11.2. The molecule has 0 atom stereocenters. The third-order valence-electron chi connectivity index (χ3n) is 4.53. The van der Waals surface area contributed by atoms with Crippen LogP contribution in [0, 0.1) is 0 Å². The number of nitrogens with zero attached hydrogens (tertiary/aromatic N) is 2. The Labute approximate surface area is 174 Å². The van der Waals surface area contributed by atoms with Gasteiger partial charge in [-0.05, 0) is 36.4 Å². The van der Waals surface area contributed by atoms with Crippen molar-refractivity contribution in [1.82, 2.24) is 9.80 Å². The van der Waals surface area contributed by atoms with Crippen molar-refractivity contribution in [2.75, 3.05) is 43.5 Å². The van der Waals surface area contributed by atoms with Crippen LogP contribution in [0.5, 0.6) is 0 Å². The van der Waals surface area contributed by atoms with Crippen LogP contribution in [0.3, 0.4) is 0 Å². The number of nitrogens with one attached hydrogen (secondary N) is 1. The van der Waals surface area contributed by atoms with Crippen molar-refractivity contribution in [2.45, 2.75) is 13.1 Å². The lowest BCUT2D eigenvalue weighted by Crippen LogP contribution is -2.32. The number of benzene rings is 2. The smallest absolute Gasteiger partial charge is 0.238 e. The summed E-state index contributed by atoms with van der Waals surface area (Å²) in [5.41, 5.74) is 3.30. The molecule has 27 heavy (non-hydrogen) atoms. The Balaban J connectivity index is 1.51. The van der Waals surface area contributed by atoms with Crippen LogP contribution in [-0.4, -0.2) is 53.9 Å². The molecule has 1 N–H and O–H groups in total. The summed E-state index contributed by atoms with van der Waals surface area (Å²) in [5.74, 6) is 2.43. The molecule has 1 saturated heterocycles. The van der Waals surface area contributed by atoms with Gasteiger partial charge in [-0.15, -0.1) is 0 Å². The fourth-order valence-corrected chi connectivity index (χ4v) is 4.57. The quantitative estimate of drug-likeness (QED) is 0.693. The highest BCUT2D eigenvalue weighted by Crippen LogP contribution is 2.18. The van der Waals surface area contributed by atoms with Gasteiger partial charge in [0.1, 0.15) is 0 Å². The first-order chi connectivity index (χ1) is 13.1. The molecule has 2 aromatic carbocycles. The van der Waals surface area contributed by atoms with Crippen molar-refractivity contribution in [3.63, 3.8) is 0 Å². The Kier molecular flexibility index (Phi) is 7.76. The zero-order valence-corrected chi connectivity index (χ0v) is 18.1. The minimum absolute atomic E-state index is 0.0103. The maximum absolute atomic E-state index is 12.4. The summed E-state index contributed by atoms with van der Waals surface area (Å²) in [6.07, 6.45) is 0. The summed E-state index contributed by atoms with van der Waals surface area (Å²) in [4.78, 5) is 16.9. The number of hydrogen-bond acceptors (Lipinski definition) is 4. The van der Waals surface area contributed by atoms with E-state index in [0.717, 1.165) is 36.3 Å². The van der Waals surface area contributed by atoms with E-state index >= 15 is 0 Å². The molecule has 144 valence electrons. The third kappa shape index (κ3) is 6.64. The second-order valence-electron chi connectivity index (χ2n) is 6.90. The zero-order chi connectivity index (χ0) is 19.1. The highest BCUT2D eigenvalue weighted by Gasteiger charge is 2.12. The van der Waals surface area contributed by atoms with Crippen molar-refractivity contribution in [3.05, 3.63) is 64.1 Å². The Morgan fingerprint density at radius 2 is 1.96 bits per heavy atom. The van der Waals surface area contributed by atoms with Crippen LogP contribution in [0.2, 0.25) is 0 Å². The van der Waals surface area contributed by atoms with Gasteiger partial charge in [-0.1, -0.05) is 46.3 Å². The largest absolute Gasteiger partial charge is 0.325 e. The fourth-order valence-electron chi connectivity index (χ4n) is 3.18. The Hall–Kier alpha value is -1.34. The van der Waals surface area contributed by atoms with Crippen LogP contribution in [0.25, 0.3) is 0 Å². The van der Waals surface area contributed by atoms with Crippen molar-refractivity contribution in [1.29, 1.82) is 0 Å². The number of hydrogen-bond donors (Lipinski definition) is 1. The zero-order valence-electron chi connectivity index (χ0n) is 15.7. The van der Waals surface area contributed by atoms with Crippen LogP contribution in [-0.2, 0) is 17.9 Å². The third-order valence-corrected chi connectivity index (χ3v) is 6.25. The monoisotopic (exact) mass is 447 g/mol. The Morgan fingerprint density at radius 3 is 2.74 bits per heavy atom. The van der Waals surface area contributed by atoms with Crippen molar-refractivity contribution in [3.8, 4) is 0 Å². The minimum atomic E-state index is 0.0103. The second kappa shape index (κ2) is 10.3. The van der Waals surface area contributed by atoms with E-state index in [4.69, 9.17) is 0 Å². The van der Waals surface area contributed by atoms with E-state index in [9.17, 15) is 4.79 Å². The molecule has 0 spiro atoms. The van der Waals surface area contributed by atoms with E-state index in [-0.39, 0.29) is 5.91 Å². The van der Waals surface area contributed by atoms with E-state index in [1.807, 2.05) is 54.0 Å². The summed E-state index contributed by atoms with van der Waals surface area (Å²) in [6, 6.07) is 16.3. The number of carbonyl (C=O) groups excluding carboxylic acids is 1. The summed E-state index contributed by atoms with van der Waals surface area (Å²) < 4.78 is 1.07. The summed E-state index contributed by atoms with van der Waals surface area (Å²) in [6.45, 7) is 4.31. The minimum Gasteiger partial charge on any atom is -0.325 e. The molecular weight excluding hydrogens is 422 g/mol. The number of thioether (sulfide) groups is 1. The molecule has 1 heterocycles. The number of amides is 1. The highest BCUT2D eigenvalue weighted by molar-refractivity contribution is 9.10. The first-order valence-electron chi connectivity index (χ1n) is 9.21. The number of rotatable bonds is 7. The summed E-state index contributed by atoms with van der Waals surface area (Å²) >= 11 is 5.58. The SMILES string of the molecule is CN(CC(=O)Nc1cccc(CN2CCSCC2)c1)Cc1ccccc1Br. The van der Waals surface area contributed by atoms with Crippen LogP contribution in [0.15, 0.2) is 53.0 Å². The topological polar surface area (TPSA) is 35.6 Å². The molecule has 0 unspecified atom stereocenters. The van der Waals surface area contributed by atoms with Gasteiger partial charge < -0.3 is 5.32 Å². The van der Waals surface area contributed by atoms with Gasteiger partial charge >= 0.3 is 0 Å². The standard InChI is InChI=1S/C21H26BrN3OS/c1-24(15-18-6-2-3-8-20(18)22)16-21(26)23-19-7-4-5-17(13-19)14-25-9-11-27-12-10-25/h2-8,13H,9-12,14-16H2,1H3,(H,23,26). The summed E-state index contributed by atoms with van der Waals surface area (Å²) in [7, 11) is 1.96. The second-order valence-corrected chi connectivity index (χ2v) is 8.98. The number of likely N-dealkylation sites (N-methyl/N-ethyl adjacent to an activating group) is 1. The van der Waals surface area contributed by atoms with Gasteiger partial charge in [-0.2, -0.15) is 11.8 Å². The van der Waals surface area contributed by atoms with Crippen LogP contribution in [0.4, 0.5) is 5.69 Å². The molecule has 0 saturated carbocycles. The Morgan fingerprint density at radius 1 is 1.19 bits per heavy atom. The van der Waals surface area contributed by atoms with Gasteiger partial charge in [-0.25, -0.2) is 0 Å². The van der Waals surface area contributed by atoms with E-state index in [1.54, 1.807) is 0 Å². The molecule has 6 heteroatoms. The molecule has 0 aromatic heterocycles. The van der Waals surface area contributed by atoms with E-state index in [1.165, 1.54) is 22.6 Å². The average Bonchev–Trinajstić information content (AvgIpc) is 2.64. The van der Waals surface area contributed by atoms with Gasteiger partial charge in [0.15, 0.2) is 0 Å². The van der Waals surface area contributed by atoms with Crippen LogP contribution < -0.4 is 5.32 Å². The molecule has 3 rings (SSSR count). The number of halogens is 1. The molecule has 1 aliphatic heterocycles. The van der Waals surface area contributed by atoms with Crippen LogP contribution >= 0.6 is 27.7 Å². The molecule has 1 aliphatic rings. The predicted octanol–water partition coefficient (Wildman–Crippen LogP) is 4.07. The van der Waals surface area contributed by atoms with Crippen molar-refractivity contribution in [2.24, 2.45) is 0 Å². The summed E-state index contributed by atoms with van der Waals surface area (Å²) in [5, 5.41) is 3.04. The molecule has 0 radical (unpaired) electrons. The molecule has 2 aromatic rings. The molecule has 0 aliphatic carbocycles. The fraction of sp³-hybridized carbons (Fsp3) is 0.381. The van der Waals surface area contributed by atoms with Crippen molar-refractivity contribution >= 4 is 39.3 Å². The maximum atomic E-state index is 12.4. The Bertz CT molecular complexity index is 765.